The fourth-order valence-electron chi connectivity index (χ4n) is 4.71. The Labute approximate surface area is 213 Å². The van der Waals surface area contributed by atoms with Gasteiger partial charge in [-0.3, -0.25) is 4.98 Å². The first-order valence-corrected chi connectivity index (χ1v) is 11.8. The van der Waals surface area contributed by atoms with Crippen molar-refractivity contribution in [1.82, 2.24) is 24.8 Å². The molecule has 2 N–H and O–H groups in total. The number of nitrogens with two attached hydrogens (primary N) is 1. The normalized spacial score (nSPS) is 18.8. The molecule has 0 aliphatic carbocycles. The lowest BCUT2D eigenvalue weighted by Gasteiger charge is -2.27. The van der Waals surface area contributed by atoms with Crippen molar-refractivity contribution in [3.63, 3.8) is 0 Å². The second kappa shape index (κ2) is 9.89. The monoisotopic (exact) mass is 539 g/mol. The number of aromatic nitrogens is 4. The van der Waals surface area contributed by atoms with E-state index in [1.807, 2.05) is 7.05 Å². The molecule has 1 atom stereocenters. The van der Waals surface area contributed by atoms with Gasteiger partial charge in [-0.1, -0.05) is 0 Å². The number of fused-ring (bicyclic) bond motifs is 1. The molecule has 0 bridgehead atoms. The van der Waals surface area contributed by atoms with Gasteiger partial charge in [0.1, 0.15) is 52.4 Å². The molecule has 1 unspecified atom stereocenters. The minimum Gasteiger partial charge on any atom is -0.462 e. The number of nitrogen functional groups attached to an aromatic ring is 1. The molecule has 1 fully saturated rings. The van der Waals surface area contributed by atoms with E-state index in [9.17, 15) is 22.0 Å². The van der Waals surface area contributed by atoms with Crippen molar-refractivity contribution in [2.45, 2.75) is 31.5 Å². The first-order chi connectivity index (χ1) is 18.0. The largest absolute Gasteiger partial charge is 0.462 e. The Morgan fingerprint density at radius 2 is 1.89 bits per heavy atom. The zero-order chi connectivity index (χ0) is 27.2. The molecule has 5 heterocycles. The Morgan fingerprint density at radius 1 is 1.11 bits per heavy atom. The maximum Gasteiger partial charge on any atom is 0.421 e. The van der Waals surface area contributed by atoms with Crippen LogP contribution in [0, 0.1) is 11.6 Å². The van der Waals surface area contributed by atoms with Gasteiger partial charge in [-0.2, -0.15) is 23.1 Å². The fraction of sp³-hybridized carbons (Fsp3) is 0.417. The number of likely N-dealkylation sites (tertiary alicyclic amines) is 1. The van der Waals surface area contributed by atoms with Gasteiger partial charge in [0.2, 0.25) is 0 Å². The van der Waals surface area contributed by atoms with Gasteiger partial charge in [-0.25, -0.2) is 18.2 Å². The number of likely N-dealkylation sites (N-methyl/N-ethyl adjacent to an activating group) is 1. The minimum absolute atomic E-state index is 0.0178. The Bertz CT molecular complexity index is 1410. The van der Waals surface area contributed by atoms with Crippen LogP contribution < -0.4 is 15.4 Å². The zero-order valence-electron chi connectivity index (χ0n) is 20.2. The maximum atomic E-state index is 15.9. The number of hydrogen-bond donors (Lipinski definition) is 1. The van der Waals surface area contributed by atoms with Crippen LogP contribution in [0.5, 0.6) is 6.01 Å². The van der Waals surface area contributed by atoms with E-state index in [4.69, 9.17) is 10.5 Å². The van der Waals surface area contributed by atoms with Crippen LogP contribution >= 0.6 is 0 Å². The first kappa shape index (κ1) is 25.9. The highest BCUT2D eigenvalue weighted by Gasteiger charge is 2.40. The van der Waals surface area contributed by atoms with Gasteiger partial charge in [-0.15, -0.1) is 0 Å². The van der Waals surface area contributed by atoms with Gasteiger partial charge < -0.3 is 20.3 Å². The van der Waals surface area contributed by atoms with E-state index in [2.05, 4.69) is 24.8 Å². The summed E-state index contributed by atoms with van der Waals surface area (Å²) in [6.07, 6.45) is -0.536. The Hall–Kier alpha value is -3.68. The van der Waals surface area contributed by atoms with E-state index in [0.717, 1.165) is 25.6 Å². The smallest absolute Gasteiger partial charge is 0.421 e. The molecule has 5 rings (SSSR count). The second-order valence-electron chi connectivity index (χ2n) is 9.21. The van der Waals surface area contributed by atoms with Crippen LogP contribution in [0.2, 0.25) is 0 Å². The summed E-state index contributed by atoms with van der Waals surface area (Å²) in [7, 11) is 1.93. The van der Waals surface area contributed by atoms with Crippen LogP contribution in [0.3, 0.4) is 0 Å². The van der Waals surface area contributed by atoms with Crippen molar-refractivity contribution in [2.75, 3.05) is 43.9 Å². The Balaban J connectivity index is 1.66. The van der Waals surface area contributed by atoms with Gasteiger partial charge in [0, 0.05) is 24.8 Å². The average molecular weight is 539 g/mol. The van der Waals surface area contributed by atoms with Gasteiger partial charge in [0.25, 0.3) is 0 Å². The lowest BCUT2D eigenvalue weighted by atomic mass is 10.1. The second-order valence-corrected chi connectivity index (χ2v) is 9.21. The molecule has 8 nitrogen and oxygen atoms in total. The summed E-state index contributed by atoms with van der Waals surface area (Å²) in [4.78, 5) is 19.5. The molecule has 2 aliphatic rings. The molecule has 38 heavy (non-hydrogen) atoms. The molecule has 3 aromatic rings. The highest BCUT2D eigenvalue weighted by molar-refractivity contribution is 5.92. The summed E-state index contributed by atoms with van der Waals surface area (Å²) in [5.74, 6) is -3.92. The SMILES string of the molecule is CN1CCCC1COc1nc(N2CCC=C(F)C2)c2cnc(-c3nc(N)cc(F)c3C(F)(F)F)c(F)c2n1. The minimum atomic E-state index is -5.21. The third-order valence-corrected chi connectivity index (χ3v) is 6.63. The number of ether oxygens (including phenoxy) is 1. The molecule has 0 spiro atoms. The highest BCUT2D eigenvalue weighted by Crippen LogP contribution is 2.40. The summed E-state index contributed by atoms with van der Waals surface area (Å²) in [5, 5.41) is 0.0178. The van der Waals surface area contributed by atoms with E-state index in [1.54, 1.807) is 0 Å². The molecule has 3 aromatic heterocycles. The number of pyridine rings is 2. The van der Waals surface area contributed by atoms with Crippen LogP contribution in [0.15, 0.2) is 24.2 Å². The molecular formula is C24H23F6N7O. The van der Waals surface area contributed by atoms with Crippen LogP contribution in [0.25, 0.3) is 22.3 Å². The predicted octanol–water partition coefficient (Wildman–Crippen LogP) is 4.50. The van der Waals surface area contributed by atoms with E-state index >= 15 is 4.39 Å². The summed E-state index contributed by atoms with van der Waals surface area (Å²) in [5.41, 5.74) is 1.23. The quantitative estimate of drug-likeness (QED) is 0.474. The van der Waals surface area contributed by atoms with Crippen molar-refractivity contribution in [2.24, 2.45) is 0 Å². The van der Waals surface area contributed by atoms with E-state index in [0.29, 0.717) is 19.0 Å². The number of alkyl halides is 3. The van der Waals surface area contributed by atoms with Crippen LogP contribution in [0.1, 0.15) is 24.8 Å². The van der Waals surface area contributed by atoms with Crippen LogP contribution in [-0.4, -0.2) is 64.2 Å². The van der Waals surface area contributed by atoms with Crippen molar-refractivity contribution in [1.29, 1.82) is 0 Å². The molecule has 14 heteroatoms. The number of nitrogens with zero attached hydrogens (tertiary/aromatic N) is 6. The fourth-order valence-corrected chi connectivity index (χ4v) is 4.71. The first-order valence-electron chi connectivity index (χ1n) is 11.8. The lowest BCUT2D eigenvalue weighted by molar-refractivity contribution is -0.139. The van der Waals surface area contributed by atoms with E-state index in [-0.39, 0.29) is 36.4 Å². The van der Waals surface area contributed by atoms with Crippen molar-refractivity contribution >= 4 is 22.5 Å². The topological polar surface area (TPSA) is 93.3 Å². The van der Waals surface area contributed by atoms with Gasteiger partial charge in [0.05, 0.1) is 11.9 Å². The average Bonchev–Trinajstić information content (AvgIpc) is 3.26. The predicted molar refractivity (Wildman–Crippen MR) is 127 cm³/mol. The summed E-state index contributed by atoms with van der Waals surface area (Å²) in [6, 6.07) is 0.233. The molecule has 2 aliphatic heterocycles. The number of halogens is 6. The number of rotatable bonds is 5. The Kier molecular flexibility index (Phi) is 6.75. The summed E-state index contributed by atoms with van der Waals surface area (Å²) in [6.45, 7) is 1.26. The molecule has 0 radical (unpaired) electrons. The van der Waals surface area contributed by atoms with Gasteiger partial charge in [0.15, 0.2) is 5.82 Å². The third-order valence-electron chi connectivity index (χ3n) is 6.63. The van der Waals surface area contributed by atoms with Gasteiger partial charge >= 0.3 is 12.2 Å². The maximum absolute atomic E-state index is 15.9. The Morgan fingerprint density at radius 3 is 2.58 bits per heavy atom. The lowest BCUT2D eigenvalue weighted by Crippen LogP contribution is -2.32. The van der Waals surface area contributed by atoms with Crippen molar-refractivity contribution in [3.8, 4) is 17.4 Å². The molecule has 1 saturated heterocycles. The molecular weight excluding hydrogens is 516 g/mol. The van der Waals surface area contributed by atoms with Gasteiger partial charge in [-0.05, 0) is 38.9 Å². The standard InChI is InChI=1S/C24H23F6N7O/c1-36-6-3-5-13(36)11-38-23-34-19-14(22(35-23)37-7-2-4-12(25)10-37)9-32-21(18(19)27)20-17(24(28,29)30)15(26)8-16(31)33-20/h4,8-9,13H,2-3,5-7,10-11H2,1H3,(H2,31,33). The zero-order valence-corrected chi connectivity index (χ0v) is 20.2. The molecule has 0 amide bonds. The highest BCUT2D eigenvalue weighted by atomic mass is 19.4. The van der Waals surface area contributed by atoms with Crippen molar-refractivity contribution in [3.05, 3.63) is 41.4 Å². The van der Waals surface area contributed by atoms with Crippen LogP contribution in [-0.2, 0) is 6.18 Å². The molecule has 202 valence electrons. The summed E-state index contributed by atoms with van der Waals surface area (Å²) < 4.78 is 91.2. The van der Waals surface area contributed by atoms with Crippen LogP contribution in [0.4, 0.5) is 38.0 Å². The number of anilines is 2. The molecule has 0 aromatic carbocycles. The molecule has 0 saturated carbocycles. The van der Waals surface area contributed by atoms with E-state index < -0.39 is 51.9 Å². The van der Waals surface area contributed by atoms with E-state index in [1.165, 1.54) is 11.0 Å². The summed E-state index contributed by atoms with van der Waals surface area (Å²) >= 11 is 0. The third kappa shape index (κ3) is 4.91. The number of hydrogen-bond acceptors (Lipinski definition) is 8. The van der Waals surface area contributed by atoms with Crippen molar-refractivity contribution < 1.29 is 31.1 Å².